The Morgan fingerprint density at radius 3 is 2.50 bits per heavy atom. The molecule has 6 atom stereocenters. The molecule has 3 N–H and O–H groups in total. The third-order valence-electron chi connectivity index (χ3n) is 7.40. The first-order valence-electron chi connectivity index (χ1n) is 8.85. The van der Waals surface area contributed by atoms with Crippen LogP contribution in [-0.2, 0) is 0 Å². The molecule has 0 heterocycles. The zero-order valence-electron chi connectivity index (χ0n) is 13.7. The van der Waals surface area contributed by atoms with Crippen molar-refractivity contribution in [2.45, 2.75) is 77.1 Å². The molecule has 0 amide bonds. The van der Waals surface area contributed by atoms with Gasteiger partial charge in [-0.05, 0) is 61.9 Å². The van der Waals surface area contributed by atoms with E-state index in [0.29, 0.717) is 12.3 Å². The topological polar surface area (TPSA) is 60.7 Å². The fourth-order valence-corrected chi connectivity index (χ4v) is 5.91. The van der Waals surface area contributed by atoms with Crippen molar-refractivity contribution >= 4 is 0 Å². The number of hydrogen-bond acceptors (Lipinski definition) is 3. The number of aliphatic hydroxyl groups is 3. The van der Waals surface area contributed by atoms with Gasteiger partial charge >= 0.3 is 0 Å². The minimum Gasteiger partial charge on any atom is -0.392 e. The molecule has 22 heavy (non-hydrogen) atoms. The van der Waals surface area contributed by atoms with Crippen LogP contribution in [0.15, 0.2) is 22.8 Å². The van der Waals surface area contributed by atoms with Crippen molar-refractivity contribution in [2.24, 2.45) is 16.7 Å². The Labute approximate surface area is 132 Å². The Morgan fingerprint density at radius 2 is 1.73 bits per heavy atom. The van der Waals surface area contributed by atoms with Gasteiger partial charge in [0.1, 0.15) is 0 Å². The second kappa shape index (κ2) is 4.68. The highest BCUT2D eigenvalue weighted by molar-refractivity contribution is 5.42. The lowest BCUT2D eigenvalue weighted by molar-refractivity contribution is 0.0339. The van der Waals surface area contributed by atoms with Crippen LogP contribution in [0.25, 0.3) is 0 Å². The molecular formula is C19H28O3. The van der Waals surface area contributed by atoms with Crippen LogP contribution < -0.4 is 0 Å². The Morgan fingerprint density at radius 1 is 1.00 bits per heavy atom. The SMILES string of the molecule is C[C@]12CC[C@@H]3C(=C1CCC2O)C(O)CC1=CC(O)CC[C@@]13C. The van der Waals surface area contributed by atoms with Crippen LogP contribution in [0.4, 0.5) is 0 Å². The molecule has 4 rings (SSSR count). The summed E-state index contributed by atoms with van der Waals surface area (Å²) >= 11 is 0. The van der Waals surface area contributed by atoms with E-state index in [1.807, 2.05) is 6.08 Å². The molecule has 122 valence electrons. The molecule has 0 aromatic carbocycles. The maximum Gasteiger partial charge on any atom is 0.0793 e. The molecule has 0 aliphatic heterocycles. The molecule has 4 aliphatic carbocycles. The monoisotopic (exact) mass is 304 g/mol. The lowest BCUT2D eigenvalue weighted by atomic mass is 9.52. The van der Waals surface area contributed by atoms with Crippen LogP contribution in [0.3, 0.4) is 0 Å². The summed E-state index contributed by atoms with van der Waals surface area (Å²) in [6.07, 6.45) is 7.35. The summed E-state index contributed by atoms with van der Waals surface area (Å²) in [7, 11) is 0. The van der Waals surface area contributed by atoms with Gasteiger partial charge in [0.05, 0.1) is 18.3 Å². The van der Waals surface area contributed by atoms with Gasteiger partial charge in [0, 0.05) is 5.41 Å². The van der Waals surface area contributed by atoms with Crippen molar-refractivity contribution in [1.82, 2.24) is 0 Å². The Bertz CT molecular complexity index is 563. The minimum absolute atomic E-state index is 0.0929. The maximum atomic E-state index is 10.8. The van der Waals surface area contributed by atoms with E-state index in [2.05, 4.69) is 13.8 Å². The van der Waals surface area contributed by atoms with Crippen LogP contribution in [0, 0.1) is 16.7 Å². The van der Waals surface area contributed by atoms with E-state index in [0.717, 1.165) is 38.5 Å². The molecule has 0 radical (unpaired) electrons. The van der Waals surface area contributed by atoms with Crippen molar-refractivity contribution in [3.05, 3.63) is 22.8 Å². The van der Waals surface area contributed by atoms with E-state index in [1.54, 1.807) is 0 Å². The molecule has 2 fully saturated rings. The van der Waals surface area contributed by atoms with Crippen molar-refractivity contribution in [2.75, 3.05) is 0 Å². The Kier molecular flexibility index (Phi) is 3.18. The zero-order chi connectivity index (χ0) is 15.7. The largest absolute Gasteiger partial charge is 0.392 e. The third-order valence-corrected chi connectivity index (χ3v) is 7.40. The molecule has 4 aliphatic rings. The molecule has 2 saturated carbocycles. The molecule has 0 bridgehead atoms. The van der Waals surface area contributed by atoms with Crippen molar-refractivity contribution < 1.29 is 15.3 Å². The van der Waals surface area contributed by atoms with Crippen molar-refractivity contribution in [3.63, 3.8) is 0 Å². The van der Waals surface area contributed by atoms with Gasteiger partial charge in [-0.1, -0.05) is 31.1 Å². The van der Waals surface area contributed by atoms with Gasteiger partial charge in [-0.15, -0.1) is 0 Å². The van der Waals surface area contributed by atoms with Crippen molar-refractivity contribution in [3.8, 4) is 0 Å². The highest BCUT2D eigenvalue weighted by Gasteiger charge is 2.55. The molecular weight excluding hydrogens is 276 g/mol. The van der Waals surface area contributed by atoms with E-state index in [9.17, 15) is 15.3 Å². The van der Waals surface area contributed by atoms with Gasteiger partial charge in [0.25, 0.3) is 0 Å². The maximum absolute atomic E-state index is 10.8. The molecule has 0 saturated heterocycles. The predicted molar refractivity (Wildman–Crippen MR) is 85.2 cm³/mol. The summed E-state index contributed by atoms with van der Waals surface area (Å²) in [5.41, 5.74) is 3.85. The van der Waals surface area contributed by atoms with Crippen molar-refractivity contribution in [1.29, 1.82) is 0 Å². The smallest absolute Gasteiger partial charge is 0.0793 e. The van der Waals surface area contributed by atoms with E-state index in [1.165, 1.54) is 16.7 Å². The molecule has 3 heteroatoms. The Balaban J connectivity index is 1.83. The van der Waals surface area contributed by atoms with Crippen LogP contribution in [0.1, 0.15) is 58.8 Å². The Hall–Kier alpha value is -0.640. The predicted octanol–water partition coefficient (Wildman–Crippen LogP) is 2.71. The number of rotatable bonds is 0. The molecule has 3 nitrogen and oxygen atoms in total. The van der Waals surface area contributed by atoms with Gasteiger partial charge in [0.15, 0.2) is 0 Å². The lowest BCUT2D eigenvalue weighted by Crippen LogP contribution is -2.47. The summed E-state index contributed by atoms with van der Waals surface area (Å²) in [5.74, 6) is 0.392. The summed E-state index contributed by atoms with van der Waals surface area (Å²) in [5, 5.41) is 31.2. The molecule has 3 unspecified atom stereocenters. The van der Waals surface area contributed by atoms with Gasteiger partial charge in [-0.2, -0.15) is 0 Å². The first-order valence-corrected chi connectivity index (χ1v) is 8.85. The van der Waals surface area contributed by atoms with Gasteiger partial charge in [-0.25, -0.2) is 0 Å². The van der Waals surface area contributed by atoms with E-state index >= 15 is 0 Å². The highest BCUT2D eigenvalue weighted by Crippen LogP contribution is 2.62. The fraction of sp³-hybridized carbons (Fsp3) is 0.789. The quantitative estimate of drug-likeness (QED) is 0.603. The fourth-order valence-electron chi connectivity index (χ4n) is 5.91. The third kappa shape index (κ3) is 1.79. The van der Waals surface area contributed by atoms with Crippen LogP contribution in [0.2, 0.25) is 0 Å². The summed E-state index contributed by atoms with van der Waals surface area (Å²) in [6, 6.07) is 0. The lowest BCUT2D eigenvalue weighted by Gasteiger charge is -2.54. The van der Waals surface area contributed by atoms with Gasteiger partial charge in [-0.3, -0.25) is 0 Å². The average molecular weight is 304 g/mol. The first kappa shape index (κ1) is 14.9. The summed E-state index contributed by atoms with van der Waals surface area (Å²) in [4.78, 5) is 0. The van der Waals surface area contributed by atoms with Gasteiger partial charge < -0.3 is 15.3 Å². The number of fused-ring (bicyclic) bond motifs is 4. The second-order valence-electron chi connectivity index (χ2n) is 8.43. The van der Waals surface area contributed by atoms with Crippen LogP contribution in [-0.4, -0.2) is 33.6 Å². The number of aliphatic hydroxyl groups excluding tert-OH is 3. The standard InChI is InChI=1S/C19H28O3/c1-18-7-5-12(20)9-11(18)10-15(21)17-13-3-4-16(22)19(13,2)8-6-14(17)18/h9,12,14-16,20-22H,3-8,10H2,1-2H3/t12?,14-,15?,16?,18+,19+/m1/s1. The van der Waals surface area contributed by atoms with Crippen LogP contribution >= 0.6 is 0 Å². The van der Waals surface area contributed by atoms with Gasteiger partial charge in [0.2, 0.25) is 0 Å². The second-order valence-corrected chi connectivity index (χ2v) is 8.43. The van der Waals surface area contributed by atoms with E-state index < -0.39 is 6.10 Å². The zero-order valence-corrected chi connectivity index (χ0v) is 13.7. The molecule has 0 aromatic heterocycles. The molecule has 0 aromatic rings. The van der Waals surface area contributed by atoms with E-state index in [-0.39, 0.29) is 23.0 Å². The molecule has 0 spiro atoms. The number of hydrogen-bond donors (Lipinski definition) is 3. The summed E-state index contributed by atoms with van der Waals surface area (Å²) < 4.78 is 0. The normalized spacial score (nSPS) is 51.0. The van der Waals surface area contributed by atoms with Crippen LogP contribution in [0.5, 0.6) is 0 Å². The highest BCUT2D eigenvalue weighted by atomic mass is 16.3. The minimum atomic E-state index is -0.422. The van der Waals surface area contributed by atoms with E-state index in [4.69, 9.17) is 0 Å². The average Bonchev–Trinajstić information content (AvgIpc) is 2.77. The summed E-state index contributed by atoms with van der Waals surface area (Å²) in [6.45, 7) is 4.52. The first-order chi connectivity index (χ1) is 10.4.